The SMILES string of the molecule is CN=C(NCc1ncc(C)s1)NC1CCN(c2ncccc2F)C1.I. The summed E-state index contributed by atoms with van der Waals surface area (Å²) >= 11 is 1.67. The van der Waals surface area contributed by atoms with Crippen molar-refractivity contribution in [3.05, 3.63) is 40.2 Å². The Bertz CT molecular complexity index is 722. The summed E-state index contributed by atoms with van der Waals surface area (Å²) in [5, 5.41) is 7.68. The van der Waals surface area contributed by atoms with E-state index in [-0.39, 0.29) is 35.8 Å². The van der Waals surface area contributed by atoms with E-state index in [9.17, 15) is 4.39 Å². The zero-order chi connectivity index (χ0) is 16.9. The molecule has 136 valence electrons. The van der Waals surface area contributed by atoms with E-state index in [1.54, 1.807) is 30.6 Å². The van der Waals surface area contributed by atoms with Crippen LogP contribution in [0.4, 0.5) is 10.2 Å². The van der Waals surface area contributed by atoms with Gasteiger partial charge in [0.1, 0.15) is 5.01 Å². The zero-order valence-electron chi connectivity index (χ0n) is 14.2. The topological polar surface area (TPSA) is 65.4 Å². The number of pyridine rings is 1. The van der Waals surface area contributed by atoms with Crippen LogP contribution in [0.2, 0.25) is 0 Å². The predicted molar refractivity (Wildman–Crippen MR) is 110 cm³/mol. The van der Waals surface area contributed by atoms with Gasteiger partial charge in [0.15, 0.2) is 17.6 Å². The molecule has 9 heteroatoms. The molecule has 1 saturated heterocycles. The van der Waals surface area contributed by atoms with E-state index in [1.165, 1.54) is 10.9 Å². The van der Waals surface area contributed by atoms with Crippen LogP contribution in [-0.4, -0.2) is 42.1 Å². The number of aliphatic imine (C=N–C) groups is 1. The van der Waals surface area contributed by atoms with Crippen LogP contribution in [-0.2, 0) is 6.54 Å². The normalized spacial score (nSPS) is 17.3. The van der Waals surface area contributed by atoms with Gasteiger partial charge in [0, 0.05) is 43.4 Å². The van der Waals surface area contributed by atoms with Gasteiger partial charge in [-0.05, 0) is 25.5 Å². The Morgan fingerprint density at radius 2 is 2.32 bits per heavy atom. The molecule has 1 unspecified atom stereocenters. The van der Waals surface area contributed by atoms with Gasteiger partial charge in [0.05, 0.1) is 6.54 Å². The third-order valence-electron chi connectivity index (χ3n) is 3.87. The summed E-state index contributed by atoms with van der Waals surface area (Å²) in [5.74, 6) is 0.874. The summed E-state index contributed by atoms with van der Waals surface area (Å²) in [6.45, 7) is 4.15. The van der Waals surface area contributed by atoms with E-state index < -0.39 is 0 Å². The van der Waals surface area contributed by atoms with Crippen molar-refractivity contribution in [2.75, 3.05) is 25.0 Å². The lowest BCUT2D eigenvalue weighted by atomic mass is 10.3. The number of hydrogen-bond acceptors (Lipinski definition) is 5. The summed E-state index contributed by atoms with van der Waals surface area (Å²) in [6, 6.07) is 3.26. The van der Waals surface area contributed by atoms with E-state index in [2.05, 4.69) is 25.6 Å². The average molecular weight is 476 g/mol. The van der Waals surface area contributed by atoms with Crippen molar-refractivity contribution in [3.63, 3.8) is 0 Å². The first-order valence-corrected chi connectivity index (χ1v) is 8.71. The van der Waals surface area contributed by atoms with Gasteiger partial charge >= 0.3 is 0 Å². The number of anilines is 1. The maximum Gasteiger partial charge on any atom is 0.191 e. The van der Waals surface area contributed by atoms with Crippen molar-refractivity contribution in [1.82, 2.24) is 20.6 Å². The minimum absolute atomic E-state index is 0. The van der Waals surface area contributed by atoms with E-state index in [4.69, 9.17) is 0 Å². The molecular formula is C16H22FIN6S. The Kier molecular flexibility index (Phi) is 7.36. The van der Waals surface area contributed by atoms with Crippen molar-refractivity contribution >= 4 is 47.1 Å². The maximum atomic E-state index is 13.8. The highest BCUT2D eigenvalue weighted by Gasteiger charge is 2.25. The molecule has 0 saturated carbocycles. The molecular weight excluding hydrogens is 454 g/mol. The first-order valence-electron chi connectivity index (χ1n) is 7.89. The van der Waals surface area contributed by atoms with E-state index in [0.717, 1.165) is 23.9 Å². The number of hydrogen-bond donors (Lipinski definition) is 2. The smallest absolute Gasteiger partial charge is 0.191 e. The molecule has 0 aromatic carbocycles. The van der Waals surface area contributed by atoms with Gasteiger partial charge in [-0.2, -0.15) is 0 Å². The first-order chi connectivity index (χ1) is 11.7. The van der Waals surface area contributed by atoms with E-state index in [1.807, 2.05) is 18.0 Å². The Morgan fingerprint density at radius 1 is 1.48 bits per heavy atom. The summed E-state index contributed by atoms with van der Waals surface area (Å²) < 4.78 is 13.8. The third-order valence-corrected chi connectivity index (χ3v) is 4.78. The number of halogens is 2. The molecule has 0 aliphatic carbocycles. The van der Waals surface area contributed by atoms with Crippen molar-refractivity contribution in [1.29, 1.82) is 0 Å². The highest BCUT2D eigenvalue weighted by molar-refractivity contribution is 14.0. The standard InChI is InChI=1S/C16H21FN6S.HI/c1-11-8-20-14(24-11)9-21-16(18-2)22-12-5-7-23(10-12)15-13(17)4-3-6-19-15;/h3-4,6,8,12H,5,7,9-10H2,1-2H3,(H2,18,21,22);1H. The fourth-order valence-electron chi connectivity index (χ4n) is 2.71. The molecule has 2 aromatic heterocycles. The molecule has 0 radical (unpaired) electrons. The average Bonchev–Trinajstić information content (AvgIpc) is 3.21. The van der Waals surface area contributed by atoms with Crippen LogP contribution in [0, 0.1) is 12.7 Å². The summed E-state index contributed by atoms with van der Waals surface area (Å²) in [6.07, 6.45) is 4.40. The lowest BCUT2D eigenvalue weighted by Gasteiger charge is -2.19. The van der Waals surface area contributed by atoms with Gasteiger partial charge in [-0.1, -0.05) is 0 Å². The molecule has 2 aromatic rings. The highest BCUT2D eigenvalue weighted by atomic mass is 127. The van der Waals surface area contributed by atoms with Crippen LogP contribution in [0.25, 0.3) is 0 Å². The molecule has 25 heavy (non-hydrogen) atoms. The molecule has 1 aliphatic rings. The Labute approximate surface area is 168 Å². The van der Waals surface area contributed by atoms with Crippen LogP contribution in [0.3, 0.4) is 0 Å². The Balaban J connectivity index is 0.00000225. The monoisotopic (exact) mass is 476 g/mol. The molecule has 6 nitrogen and oxygen atoms in total. The van der Waals surface area contributed by atoms with Crippen LogP contribution < -0.4 is 15.5 Å². The zero-order valence-corrected chi connectivity index (χ0v) is 17.3. The van der Waals surface area contributed by atoms with Crippen molar-refractivity contribution in [2.24, 2.45) is 4.99 Å². The summed E-state index contributed by atoms with van der Waals surface area (Å²) in [5.41, 5.74) is 0. The molecule has 3 rings (SSSR count). The summed E-state index contributed by atoms with van der Waals surface area (Å²) in [7, 11) is 1.74. The van der Waals surface area contributed by atoms with Gasteiger partial charge in [-0.3, -0.25) is 4.99 Å². The van der Waals surface area contributed by atoms with E-state index in [0.29, 0.717) is 18.9 Å². The molecule has 3 heterocycles. The molecule has 0 amide bonds. The molecule has 1 aliphatic heterocycles. The second kappa shape index (κ2) is 9.27. The van der Waals surface area contributed by atoms with Crippen molar-refractivity contribution in [3.8, 4) is 0 Å². The Hall–Kier alpha value is -1.49. The lowest BCUT2D eigenvalue weighted by molar-refractivity contribution is 0.612. The second-order valence-corrected chi connectivity index (χ2v) is 6.99. The molecule has 0 spiro atoms. The number of aryl methyl sites for hydroxylation is 1. The van der Waals surface area contributed by atoms with Gasteiger partial charge < -0.3 is 15.5 Å². The van der Waals surface area contributed by atoms with Gasteiger partial charge in [0.2, 0.25) is 0 Å². The highest BCUT2D eigenvalue weighted by Crippen LogP contribution is 2.20. The van der Waals surface area contributed by atoms with Gasteiger partial charge in [-0.25, -0.2) is 14.4 Å². The number of nitrogens with one attached hydrogen (secondary N) is 2. The number of aromatic nitrogens is 2. The summed E-state index contributed by atoms with van der Waals surface area (Å²) in [4.78, 5) is 15.9. The minimum Gasteiger partial charge on any atom is -0.352 e. The number of rotatable bonds is 4. The van der Waals surface area contributed by atoms with Crippen LogP contribution in [0.15, 0.2) is 29.5 Å². The second-order valence-electron chi connectivity index (χ2n) is 5.68. The molecule has 2 N–H and O–H groups in total. The Morgan fingerprint density at radius 3 is 3.00 bits per heavy atom. The van der Waals surface area contributed by atoms with Crippen LogP contribution >= 0.6 is 35.3 Å². The van der Waals surface area contributed by atoms with Crippen molar-refractivity contribution in [2.45, 2.75) is 25.9 Å². The molecule has 1 atom stereocenters. The predicted octanol–water partition coefficient (Wildman–Crippen LogP) is 2.55. The lowest BCUT2D eigenvalue weighted by Crippen LogP contribution is -2.44. The van der Waals surface area contributed by atoms with Crippen LogP contribution in [0.5, 0.6) is 0 Å². The molecule has 0 bridgehead atoms. The first kappa shape index (κ1) is 19.8. The quantitative estimate of drug-likeness (QED) is 0.404. The minimum atomic E-state index is -0.278. The largest absolute Gasteiger partial charge is 0.352 e. The van der Waals surface area contributed by atoms with Gasteiger partial charge in [-0.15, -0.1) is 35.3 Å². The van der Waals surface area contributed by atoms with Gasteiger partial charge in [0.25, 0.3) is 0 Å². The van der Waals surface area contributed by atoms with Crippen LogP contribution in [0.1, 0.15) is 16.3 Å². The van der Waals surface area contributed by atoms with Crippen molar-refractivity contribution < 1.29 is 4.39 Å². The number of guanidine groups is 1. The fourth-order valence-corrected chi connectivity index (χ4v) is 3.44. The number of nitrogens with zero attached hydrogens (tertiary/aromatic N) is 4. The molecule has 1 fully saturated rings. The number of thiazole rings is 1. The maximum absolute atomic E-state index is 13.8. The fraction of sp³-hybridized carbons (Fsp3) is 0.438. The van der Waals surface area contributed by atoms with E-state index >= 15 is 0 Å². The third kappa shape index (κ3) is 5.24.